The average Bonchev–Trinajstić information content (AvgIpc) is 2.54. The van der Waals surface area contributed by atoms with Gasteiger partial charge in [0.2, 0.25) is 5.91 Å². The molecule has 116 valence electrons. The van der Waals surface area contributed by atoms with Crippen LogP contribution in [0.3, 0.4) is 0 Å². The predicted molar refractivity (Wildman–Crippen MR) is 89.0 cm³/mol. The third-order valence-corrected chi connectivity index (χ3v) is 3.42. The highest BCUT2D eigenvalue weighted by Crippen LogP contribution is 2.14. The van der Waals surface area contributed by atoms with Gasteiger partial charge in [0, 0.05) is 32.4 Å². The van der Waals surface area contributed by atoms with Crippen LogP contribution in [0, 0.1) is 0 Å². The molecule has 0 spiro atoms. The van der Waals surface area contributed by atoms with Crippen molar-refractivity contribution in [2.75, 3.05) is 23.8 Å². The lowest BCUT2D eigenvalue weighted by Crippen LogP contribution is -2.20. The molecule has 0 aliphatic heterocycles. The van der Waals surface area contributed by atoms with E-state index in [9.17, 15) is 4.79 Å². The van der Waals surface area contributed by atoms with E-state index in [0.717, 1.165) is 25.1 Å². The zero-order valence-corrected chi connectivity index (χ0v) is 13.1. The van der Waals surface area contributed by atoms with Crippen LogP contribution in [0.4, 0.5) is 11.5 Å². The number of carbonyl (C=O) groups is 1. The van der Waals surface area contributed by atoms with Crippen molar-refractivity contribution in [1.82, 2.24) is 9.97 Å². The summed E-state index contributed by atoms with van der Waals surface area (Å²) >= 11 is 0. The summed E-state index contributed by atoms with van der Waals surface area (Å²) in [5.74, 6) is 0.610. The fourth-order valence-electron chi connectivity index (χ4n) is 2.09. The van der Waals surface area contributed by atoms with Gasteiger partial charge in [-0.3, -0.25) is 9.78 Å². The first-order valence-electron chi connectivity index (χ1n) is 7.55. The SMILES string of the molecule is CCCC(=O)Nc1ccc(N(C)CCc2ccncc2)cn1. The Morgan fingerprint density at radius 1 is 1.23 bits per heavy atom. The topological polar surface area (TPSA) is 58.1 Å². The monoisotopic (exact) mass is 298 g/mol. The van der Waals surface area contributed by atoms with Crippen molar-refractivity contribution in [3.63, 3.8) is 0 Å². The van der Waals surface area contributed by atoms with Crippen molar-refractivity contribution in [3.05, 3.63) is 48.4 Å². The minimum absolute atomic E-state index is 0.00814. The van der Waals surface area contributed by atoms with Gasteiger partial charge < -0.3 is 10.2 Å². The molecule has 0 radical (unpaired) electrons. The molecule has 5 nitrogen and oxygen atoms in total. The molecule has 2 rings (SSSR count). The molecule has 0 saturated carbocycles. The Balaban J connectivity index is 1.88. The van der Waals surface area contributed by atoms with Crippen LogP contribution in [0.2, 0.25) is 0 Å². The molecule has 0 unspecified atom stereocenters. The zero-order valence-electron chi connectivity index (χ0n) is 13.1. The molecule has 2 aromatic rings. The minimum atomic E-state index is 0.00814. The normalized spacial score (nSPS) is 10.3. The molecule has 0 aromatic carbocycles. The molecule has 1 N–H and O–H groups in total. The molecule has 1 amide bonds. The number of hydrogen-bond acceptors (Lipinski definition) is 4. The summed E-state index contributed by atoms with van der Waals surface area (Å²) in [4.78, 5) is 22.0. The number of likely N-dealkylation sites (N-methyl/N-ethyl adjacent to an activating group) is 1. The maximum absolute atomic E-state index is 11.5. The Morgan fingerprint density at radius 3 is 2.64 bits per heavy atom. The average molecular weight is 298 g/mol. The number of anilines is 2. The van der Waals surface area contributed by atoms with Gasteiger partial charge in [-0.25, -0.2) is 4.98 Å². The van der Waals surface area contributed by atoms with Crippen molar-refractivity contribution in [2.45, 2.75) is 26.2 Å². The number of hydrogen-bond donors (Lipinski definition) is 1. The predicted octanol–water partition coefficient (Wildman–Crippen LogP) is 2.89. The van der Waals surface area contributed by atoms with Gasteiger partial charge in [-0.1, -0.05) is 6.92 Å². The van der Waals surface area contributed by atoms with Crippen LogP contribution >= 0.6 is 0 Å². The molecule has 5 heteroatoms. The number of nitrogens with zero attached hydrogens (tertiary/aromatic N) is 3. The summed E-state index contributed by atoms with van der Waals surface area (Å²) in [6.45, 7) is 2.88. The lowest BCUT2D eigenvalue weighted by Gasteiger charge is -2.19. The van der Waals surface area contributed by atoms with Crippen LogP contribution in [0.15, 0.2) is 42.9 Å². The molecular formula is C17H22N4O. The molecule has 2 aromatic heterocycles. The van der Waals surface area contributed by atoms with Crippen LogP contribution in [-0.2, 0) is 11.2 Å². The quantitative estimate of drug-likeness (QED) is 0.854. The number of amides is 1. The van der Waals surface area contributed by atoms with E-state index in [2.05, 4.69) is 20.2 Å². The fourth-order valence-corrected chi connectivity index (χ4v) is 2.09. The molecule has 0 aliphatic rings. The van der Waals surface area contributed by atoms with E-state index in [0.29, 0.717) is 12.2 Å². The smallest absolute Gasteiger partial charge is 0.225 e. The third-order valence-electron chi connectivity index (χ3n) is 3.42. The second kappa shape index (κ2) is 8.12. The highest BCUT2D eigenvalue weighted by molar-refractivity contribution is 5.89. The Labute approximate surface area is 131 Å². The zero-order chi connectivity index (χ0) is 15.8. The van der Waals surface area contributed by atoms with Gasteiger partial charge in [0.05, 0.1) is 11.9 Å². The number of pyridine rings is 2. The van der Waals surface area contributed by atoms with Gasteiger partial charge in [-0.15, -0.1) is 0 Å². The molecule has 2 heterocycles. The molecule has 0 atom stereocenters. The van der Waals surface area contributed by atoms with E-state index in [1.165, 1.54) is 5.56 Å². The highest BCUT2D eigenvalue weighted by atomic mass is 16.1. The standard InChI is InChI=1S/C17H22N4O/c1-3-4-17(22)20-16-6-5-15(13-19-16)21(2)12-9-14-7-10-18-11-8-14/h5-8,10-11,13H,3-4,9,12H2,1-2H3,(H,19,20,22). The van der Waals surface area contributed by atoms with E-state index < -0.39 is 0 Å². The molecule has 0 aliphatic carbocycles. The van der Waals surface area contributed by atoms with Gasteiger partial charge in [-0.05, 0) is 42.7 Å². The van der Waals surface area contributed by atoms with Gasteiger partial charge in [0.15, 0.2) is 0 Å². The van der Waals surface area contributed by atoms with Crippen molar-refractivity contribution in [1.29, 1.82) is 0 Å². The van der Waals surface area contributed by atoms with Crippen LogP contribution < -0.4 is 10.2 Å². The van der Waals surface area contributed by atoms with E-state index in [1.54, 1.807) is 6.20 Å². The van der Waals surface area contributed by atoms with Crippen LogP contribution in [-0.4, -0.2) is 29.5 Å². The van der Waals surface area contributed by atoms with Crippen molar-refractivity contribution < 1.29 is 4.79 Å². The minimum Gasteiger partial charge on any atom is -0.373 e. The number of rotatable bonds is 7. The van der Waals surface area contributed by atoms with Gasteiger partial charge in [-0.2, -0.15) is 0 Å². The Morgan fingerprint density at radius 2 is 2.00 bits per heavy atom. The van der Waals surface area contributed by atoms with Crippen molar-refractivity contribution >= 4 is 17.4 Å². The summed E-state index contributed by atoms with van der Waals surface area (Å²) in [7, 11) is 2.04. The number of nitrogens with one attached hydrogen (secondary N) is 1. The maximum Gasteiger partial charge on any atom is 0.225 e. The van der Waals surface area contributed by atoms with Crippen LogP contribution in [0.5, 0.6) is 0 Å². The first kappa shape index (κ1) is 15.9. The second-order valence-electron chi connectivity index (χ2n) is 5.23. The summed E-state index contributed by atoms with van der Waals surface area (Å²) in [6, 6.07) is 7.86. The van der Waals surface area contributed by atoms with E-state index in [1.807, 2.05) is 50.6 Å². The van der Waals surface area contributed by atoms with Gasteiger partial charge in [0.25, 0.3) is 0 Å². The van der Waals surface area contributed by atoms with Gasteiger partial charge in [0.1, 0.15) is 5.82 Å². The number of carbonyl (C=O) groups excluding carboxylic acids is 1. The molecule has 0 fully saturated rings. The molecule has 0 bridgehead atoms. The van der Waals surface area contributed by atoms with Gasteiger partial charge >= 0.3 is 0 Å². The van der Waals surface area contributed by atoms with Crippen LogP contribution in [0.1, 0.15) is 25.3 Å². The first-order chi connectivity index (χ1) is 10.7. The summed E-state index contributed by atoms with van der Waals surface area (Å²) in [6.07, 6.45) is 7.72. The van der Waals surface area contributed by atoms with E-state index >= 15 is 0 Å². The Hall–Kier alpha value is -2.43. The lowest BCUT2D eigenvalue weighted by molar-refractivity contribution is -0.116. The number of aromatic nitrogens is 2. The maximum atomic E-state index is 11.5. The molecular weight excluding hydrogens is 276 g/mol. The van der Waals surface area contributed by atoms with Crippen molar-refractivity contribution in [3.8, 4) is 0 Å². The second-order valence-corrected chi connectivity index (χ2v) is 5.23. The third kappa shape index (κ3) is 4.84. The fraction of sp³-hybridized carbons (Fsp3) is 0.353. The van der Waals surface area contributed by atoms with E-state index in [4.69, 9.17) is 0 Å². The molecule has 0 saturated heterocycles. The Bertz CT molecular complexity index is 583. The summed E-state index contributed by atoms with van der Waals surface area (Å²) in [5.41, 5.74) is 2.29. The van der Waals surface area contributed by atoms with Crippen LogP contribution in [0.25, 0.3) is 0 Å². The summed E-state index contributed by atoms with van der Waals surface area (Å²) in [5, 5.41) is 2.79. The highest BCUT2D eigenvalue weighted by Gasteiger charge is 2.05. The summed E-state index contributed by atoms with van der Waals surface area (Å²) < 4.78 is 0. The Kier molecular flexibility index (Phi) is 5.89. The molecule has 22 heavy (non-hydrogen) atoms. The van der Waals surface area contributed by atoms with E-state index in [-0.39, 0.29) is 5.91 Å². The lowest BCUT2D eigenvalue weighted by atomic mass is 10.2. The largest absolute Gasteiger partial charge is 0.373 e. The van der Waals surface area contributed by atoms with Crippen molar-refractivity contribution in [2.24, 2.45) is 0 Å². The first-order valence-corrected chi connectivity index (χ1v) is 7.55.